The zero-order chi connectivity index (χ0) is 10.8. The highest BCUT2D eigenvalue weighted by Crippen LogP contribution is 2.27. The molecule has 0 unspecified atom stereocenters. The van der Waals surface area contributed by atoms with Crippen LogP contribution < -0.4 is 0 Å². The van der Waals surface area contributed by atoms with E-state index in [9.17, 15) is 4.79 Å². The SMILES string of the molecule is CCN(C)C(=O)N1CCN(C2CC2)CC1. The number of amides is 2. The third-order valence-electron chi connectivity index (χ3n) is 3.45. The molecule has 1 aliphatic carbocycles. The minimum Gasteiger partial charge on any atom is -0.328 e. The lowest BCUT2D eigenvalue weighted by atomic mass is 10.3. The van der Waals surface area contributed by atoms with Crippen LogP contribution >= 0.6 is 0 Å². The first-order valence-corrected chi connectivity index (χ1v) is 5.96. The van der Waals surface area contributed by atoms with Gasteiger partial charge in [0.25, 0.3) is 0 Å². The first-order valence-electron chi connectivity index (χ1n) is 5.96. The normalized spacial score (nSPS) is 22.9. The lowest BCUT2D eigenvalue weighted by molar-refractivity contribution is 0.116. The summed E-state index contributed by atoms with van der Waals surface area (Å²) < 4.78 is 0. The van der Waals surface area contributed by atoms with Gasteiger partial charge in [-0.05, 0) is 19.8 Å². The highest BCUT2D eigenvalue weighted by Gasteiger charge is 2.32. The monoisotopic (exact) mass is 211 g/mol. The number of carbonyl (C=O) groups is 1. The summed E-state index contributed by atoms with van der Waals surface area (Å²) >= 11 is 0. The van der Waals surface area contributed by atoms with Crippen LogP contribution in [0.25, 0.3) is 0 Å². The highest BCUT2D eigenvalue weighted by molar-refractivity contribution is 5.74. The Labute approximate surface area is 91.8 Å². The largest absolute Gasteiger partial charge is 0.328 e. The number of carbonyl (C=O) groups excluding carboxylic acids is 1. The maximum atomic E-state index is 11.9. The van der Waals surface area contributed by atoms with Gasteiger partial charge in [-0.2, -0.15) is 0 Å². The van der Waals surface area contributed by atoms with Crippen LogP contribution in [-0.4, -0.2) is 66.5 Å². The van der Waals surface area contributed by atoms with E-state index >= 15 is 0 Å². The number of hydrogen-bond acceptors (Lipinski definition) is 2. The molecule has 1 heterocycles. The zero-order valence-electron chi connectivity index (χ0n) is 9.78. The van der Waals surface area contributed by atoms with E-state index in [2.05, 4.69) is 4.90 Å². The summed E-state index contributed by atoms with van der Waals surface area (Å²) in [5.74, 6) is 0. The molecule has 15 heavy (non-hydrogen) atoms. The fraction of sp³-hybridized carbons (Fsp3) is 0.909. The van der Waals surface area contributed by atoms with E-state index in [4.69, 9.17) is 0 Å². The van der Waals surface area contributed by atoms with Gasteiger partial charge in [0, 0.05) is 45.8 Å². The summed E-state index contributed by atoms with van der Waals surface area (Å²) in [6, 6.07) is 1.03. The standard InChI is InChI=1S/C11H21N3O/c1-3-12(2)11(15)14-8-6-13(7-9-14)10-4-5-10/h10H,3-9H2,1-2H3. The predicted molar refractivity (Wildman–Crippen MR) is 59.9 cm³/mol. The van der Waals surface area contributed by atoms with Crippen molar-refractivity contribution in [2.45, 2.75) is 25.8 Å². The molecule has 0 bridgehead atoms. The van der Waals surface area contributed by atoms with Gasteiger partial charge in [-0.25, -0.2) is 4.79 Å². The number of rotatable bonds is 2. The molecule has 2 aliphatic rings. The van der Waals surface area contributed by atoms with E-state index in [1.165, 1.54) is 12.8 Å². The van der Waals surface area contributed by atoms with Crippen molar-refractivity contribution in [2.24, 2.45) is 0 Å². The summed E-state index contributed by atoms with van der Waals surface area (Å²) in [7, 11) is 1.87. The van der Waals surface area contributed by atoms with Crippen molar-refractivity contribution in [2.75, 3.05) is 39.8 Å². The molecule has 2 fully saturated rings. The van der Waals surface area contributed by atoms with Crippen molar-refractivity contribution < 1.29 is 4.79 Å². The Bertz CT molecular complexity index is 232. The molecule has 2 amide bonds. The fourth-order valence-corrected chi connectivity index (χ4v) is 2.09. The van der Waals surface area contributed by atoms with Crippen molar-refractivity contribution in [3.05, 3.63) is 0 Å². The molecule has 0 N–H and O–H groups in total. The van der Waals surface area contributed by atoms with Crippen molar-refractivity contribution in [3.8, 4) is 0 Å². The molecule has 0 aromatic carbocycles. The number of hydrogen-bond donors (Lipinski definition) is 0. The Hall–Kier alpha value is -0.770. The molecular formula is C11H21N3O. The van der Waals surface area contributed by atoms with E-state index in [0.717, 1.165) is 38.8 Å². The van der Waals surface area contributed by atoms with E-state index in [-0.39, 0.29) is 6.03 Å². The molecule has 0 atom stereocenters. The molecule has 0 spiro atoms. The van der Waals surface area contributed by atoms with Gasteiger partial charge in [-0.15, -0.1) is 0 Å². The van der Waals surface area contributed by atoms with Gasteiger partial charge in [0.05, 0.1) is 0 Å². The predicted octanol–water partition coefficient (Wildman–Crippen LogP) is 0.838. The molecule has 0 aromatic rings. The average molecular weight is 211 g/mol. The van der Waals surface area contributed by atoms with E-state index in [0.29, 0.717) is 0 Å². The lowest BCUT2D eigenvalue weighted by Crippen LogP contribution is -2.52. The van der Waals surface area contributed by atoms with Crippen molar-refractivity contribution >= 4 is 6.03 Å². The Morgan fingerprint density at radius 2 is 1.87 bits per heavy atom. The molecule has 0 aromatic heterocycles. The van der Waals surface area contributed by atoms with Gasteiger partial charge in [0.15, 0.2) is 0 Å². The van der Waals surface area contributed by atoms with Gasteiger partial charge in [-0.3, -0.25) is 4.90 Å². The third kappa shape index (κ3) is 2.43. The van der Waals surface area contributed by atoms with Crippen LogP contribution in [-0.2, 0) is 0 Å². The molecule has 2 rings (SSSR count). The maximum absolute atomic E-state index is 11.9. The zero-order valence-corrected chi connectivity index (χ0v) is 9.78. The molecule has 4 nitrogen and oxygen atoms in total. The number of nitrogens with zero attached hydrogens (tertiary/aromatic N) is 3. The van der Waals surface area contributed by atoms with Crippen LogP contribution in [0.4, 0.5) is 4.79 Å². The molecular weight excluding hydrogens is 190 g/mol. The molecule has 4 heteroatoms. The summed E-state index contributed by atoms with van der Waals surface area (Å²) in [5.41, 5.74) is 0. The first-order chi connectivity index (χ1) is 7.22. The molecule has 0 radical (unpaired) electrons. The van der Waals surface area contributed by atoms with Crippen LogP contribution in [0, 0.1) is 0 Å². The summed E-state index contributed by atoms with van der Waals surface area (Å²) in [4.78, 5) is 18.1. The summed E-state index contributed by atoms with van der Waals surface area (Å²) in [6.45, 7) is 6.74. The van der Waals surface area contributed by atoms with E-state index < -0.39 is 0 Å². The maximum Gasteiger partial charge on any atom is 0.319 e. The minimum absolute atomic E-state index is 0.188. The Morgan fingerprint density at radius 3 is 2.33 bits per heavy atom. The molecule has 1 aliphatic heterocycles. The van der Waals surface area contributed by atoms with E-state index in [1.807, 2.05) is 18.9 Å². The quantitative estimate of drug-likeness (QED) is 0.676. The summed E-state index contributed by atoms with van der Waals surface area (Å²) in [6.07, 6.45) is 2.73. The Kier molecular flexibility index (Phi) is 3.14. The topological polar surface area (TPSA) is 26.8 Å². The first kappa shape index (κ1) is 10.7. The number of urea groups is 1. The third-order valence-corrected chi connectivity index (χ3v) is 3.45. The second-order valence-electron chi connectivity index (χ2n) is 4.55. The minimum atomic E-state index is 0.188. The second-order valence-corrected chi connectivity index (χ2v) is 4.55. The van der Waals surface area contributed by atoms with Gasteiger partial charge in [-0.1, -0.05) is 0 Å². The van der Waals surface area contributed by atoms with Gasteiger partial charge >= 0.3 is 6.03 Å². The van der Waals surface area contributed by atoms with Crippen molar-refractivity contribution in [1.82, 2.24) is 14.7 Å². The van der Waals surface area contributed by atoms with Crippen LogP contribution in [0.3, 0.4) is 0 Å². The molecule has 1 saturated heterocycles. The number of piperazine rings is 1. The Morgan fingerprint density at radius 1 is 1.27 bits per heavy atom. The van der Waals surface area contributed by atoms with Gasteiger partial charge in [0.2, 0.25) is 0 Å². The van der Waals surface area contributed by atoms with Crippen LogP contribution in [0.2, 0.25) is 0 Å². The van der Waals surface area contributed by atoms with Crippen LogP contribution in [0.1, 0.15) is 19.8 Å². The average Bonchev–Trinajstić information content (AvgIpc) is 3.11. The Balaban J connectivity index is 1.79. The fourth-order valence-electron chi connectivity index (χ4n) is 2.09. The van der Waals surface area contributed by atoms with Gasteiger partial charge in [0.1, 0.15) is 0 Å². The van der Waals surface area contributed by atoms with Crippen molar-refractivity contribution in [1.29, 1.82) is 0 Å². The van der Waals surface area contributed by atoms with Crippen LogP contribution in [0.15, 0.2) is 0 Å². The summed E-state index contributed by atoms with van der Waals surface area (Å²) in [5, 5.41) is 0. The second kappa shape index (κ2) is 4.39. The highest BCUT2D eigenvalue weighted by atomic mass is 16.2. The van der Waals surface area contributed by atoms with E-state index in [1.54, 1.807) is 4.90 Å². The van der Waals surface area contributed by atoms with Crippen LogP contribution in [0.5, 0.6) is 0 Å². The molecule has 86 valence electrons. The van der Waals surface area contributed by atoms with Crippen molar-refractivity contribution in [3.63, 3.8) is 0 Å². The smallest absolute Gasteiger partial charge is 0.319 e. The molecule has 1 saturated carbocycles. The lowest BCUT2D eigenvalue weighted by Gasteiger charge is -2.36. The van der Waals surface area contributed by atoms with Gasteiger partial charge < -0.3 is 9.80 Å².